The van der Waals surface area contributed by atoms with Crippen LogP contribution in [-0.2, 0) is 14.3 Å². The lowest BCUT2D eigenvalue weighted by atomic mass is 9.75. The van der Waals surface area contributed by atoms with Crippen molar-refractivity contribution in [1.29, 1.82) is 0 Å². The molecule has 0 spiro atoms. The minimum absolute atomic E-state index is 0.0370. The lowest BCUT2D eigenvalue weighted by Gasteiger charge is -2.43. The Kier molecular flexibility index (Phi) is 11.4. The van der Waals surface area contributed by atoms with E-state index in [9.17, 15) is 14.7 Å². The van der Waals surface area contributed by atoms with Crippen molar-refractivity contribution < 1.29 is 33.4 Å². The molecule has 2 aromatic carbocycles. The Hall–Kier alpha value is -2.90. The Morgan fingerprint density at radius 2 is 1.33 bits per heavy atom. The fraction of sp³-hybridized carbons (Fsp3) is 0.562. The van der Waals surface area contributed by atoms with Gasteiger partial charge in [0, 0.05) is 18.8 Å². The van der Waals surface area contributed by atoms with Crippen LogP contribution >= 0.6 is 0 Å². The van der Waals surface area contributed by atoms with Crippen LogP contribution < -0.4 is 14.6 Å². The van der Waals surface area contributed by atoms with Crippen LogP contribution in [0.4, 0.5) is 0 Å². The number of carbonyl (C=O) groups is 2. The Balaban J connectivity index is 1.84. The number of ether oxygens (including phenoxy) is 3. The van der Waals surface area contributed by atoms with Gasteiger partial charge in [-0.15, -0.1) is 0 Å². The second kappa shape index (κ2) is 14.5. The first-order valence-electron chi connectivity index (χ1n) is 14.3. The highest BCUT2D eigenvalue weighted by molar-refractivity contribution is 5.71. The summed E-state index contributed by atoms with van der Waals surface area (Å²) in [6, 6.07) is 16.8. The van der Waals surface area contributed by atoms with Crippen LogP contribution in [-0.4, -0.2) is 61.4 Å². The van der Waals surface area contributed by atoms with Gasteiger partial charge in [0.05, 0.1) is 44.4 Å². The quantitative estimate of drug-likeness (QED) is 0.323. The largest absolute Gasteiger partial charge is 0.548 e. The summed E-state index contributed by atoms with van der Waals surface area (Å²) in [6.45, 7) is 11.6. The van der Waals surface area contributed by atoms with Gasteiger partial charge in [-0.1, -0.05) is 37.6 Å². The zero-order valence-electron chi connectivity index (χ0n) is 24.2. The molecule has 3 rings (SSSR count). The highest BCUT2D eigenvalue weighted by Crippen LogP contribution is 2.41. The van der Waals surface area contributed by atoms with Crippen LogP contribution in [0.25, 0.3) is 0 Å². The van der Waals surface area contributed by atoms with Gasteiger partial charge in [0.1, 0.15) is 11.5 Å². The van der Waals surface area contributed by atoms with Gasteiger partial charge in [0.2, 0.25) is 0 Å². The maximum atomic E-state index is 13.3. The minimum Gasteiger partial charge on any atom is -0.548 e. The molecule has 0 bridgehead atoms. The van der Waals surface area contributed by atoms with E-state index in [1.165, 1.54) is 11.1 Å². The first-order valence-corrected chi connectivity index (χ1v) is 14.3. The van der Waals surface area contributed by atoms with E-state index in [2.05, 4.69) is 31.2 Å². The van der Waals surface area contributed by atoms with E-state index in [0.717, 1.165) is 56.8 Å². The van der Waals surface area contributed by atoms with Gasteiger partial charge < -0.3 is 24.1 Å². The first-order chi connectivity index (χ1) is 18.6. The number of hydrogen-bond donors (Lipinski definition) is 0. The van der Waals surface area contributed by atoms with E-state index < -0.39 is 12.6 Å². The molecule has 1 aliphatic heterocycles. The molecule has 39 heavy (non-hydrogen) atoms. The van der Waals surface area contributed by atoms with Gasteiger partial charge in [-0.3, -0.25) is 4.48 Å². The average Bonchev–Trinajstić information content (AvgIpc) is 2.89. The van der Waals surface area contributed by atoms with E-state index in [1.54, 1.807) is 0 Å². The summed E-state index contributed by atoms with van der Waals surface area (Å²) < 4.78 is 17.3. The van der Waals surface area contributed by atoms with Crippen LogP contribution in [0.5, 0.6) is 11.5 Å². The van der Waals surface area contributed by atoms with Crippen molar-refractivity contribution in [3.63, 3.8) is 0 Å². The topological polar surface area (TPSA) is 84.9 Å². The molecule has 0 saturated carbocycles. The molecule has 1 amide bonds. The molecule has 0 N–H and O–H groups in total. The smallest absolute Gasteiger partial charge is 0.339 e. The number of carbonyl (C=O) groups excluding carboxylic acids is 2. The Morgan fingerprint density at radius 1 is 0.846 bits per heavy atom. The number of benzene rings is 2. The molecule has 214 valence electrons. The van der Waals surface area contributed by atoms with Crippen LogP contribution in [0, 0.1) is 5.92 Å². The van der Waals surface area contributed by atoms with Gasteiger partial charge in [0.15, 0.2) is 6.61 Å². The maximum Gasteiger partial charge on any atom is 0.339 e. The molecule has 0 atom stereocenters. The molecular formula is C32H45NO6. The van der Waals surface area contributed by atoms with Crippen LogP contribution in [0.2, 0.25) is 0 Å². The SMILES string of the molecule is CCCC[N+]1(C(=O)COCC(=O)[O-])CCC(C(c2ccc(OC(C)C)cc2)c2ccc(OC(C)C)cc2)CC1. The van der Waals surface area contributed by atoms with E-state index in [4.69, 9.17) is 14.2 Å². The average molecular weight is 540 g/mol. The van der Waals surface area contributed by atoms with Crippen LogP contribution in [0.1, 0.15) is 77.3 Å². The summed E-state index contributed by atoms with van der Waals surface area (Å²) in [5.74, 6) is 0.889. The predicted molar refractivity (Wildman–Crippen MR) is 150 cm³/mol. The minimum atomic E-state index is -1.31. The molecule has 0 radical (unpaired) electrons. The molecule has 7 nitrogen and oxygen atoms in total. The molecule has 1 fully saturated rings. The van der Waals surface area contributed by atoms with E-state index in [1.807, 2.05) is 52.0 Å². The summed E-state index contributed by atoms with van der Waals surface area (Å²) >= 11 is 0. The van der Waals surface area contributed by atoms with Crippen LogP contribution in [0.15, 0.2) is 48.5 Å². The van der Waals surface area contributed by atoms with Gasteiger partial charge in [0.25, 0.3) is 0 Å². The maximum absolute atomic E-state index is 13.3. The van der Waals surface area contributed by atoms with Crippen LogP contribution in [0.3, 0.4) is 0 Å². The molecule has 7 heteroatoms. The number of rotatable bonds is 14. The number of carboxylic acid groups (broad SMARTS) is 1. The number of carboxylic acids is 1. The molecular weight excluding hydrogens is 494 g/mol. The summed E-state index contributed by atoms with van der Waals surface area (Å²) in [7, 11) is 0. The third-order valence-electron chi connectivity index (χ3n) is 7.46. The molecule has 0 unspecified atom stereocenters. The predicted octanol–water partition coefficient (Wildman–Crippen LogP) is 4.71. The highest BCUT2D eigenvalue weighted by atomic mass is 16.5. The van der Waals surface area contributed by atoms with Crippen molar-refractivity contribution in [2.24, 2.45) is 5.92 Å². The van der Waals surface area contributed by atoms with Crippen molar-refractivity contribution in [2.45, 2.75) is 78.4 Å². The van der Waals surface area contributed by atoms with Crippen molar-refractivity contribution in [1.82, 2.24) is 0 Å². The van der Waals surface area contributed by atoms with Gasteiger partial charge in [-0.2, -0.15) is 0 Å². The number of amides is 1. The Labute approximate surface area is 233 Å². The summed E-state index contributed by atoms with van der Waals surface area (Å²) in [4.78, 5) is 24.1. The van der Waals surface area contributed by atoms with E-state index in [-0.39, 0.29) is 30.6 Å². The molecule has 0 aromatic heterocycles. The van der Waals surface area contributed by atoms with Crippen molar-refractivity contribution in [3.05, 3.63) is 59.7 Å². The number of nitrogens with zero attached hydrogens (tertiary/aromatic N) is 1. The van der Waals surface area contributed by atoms with E-state index >= 15 is 0 Å². The number of unbranched alkanes of at least 4 members (excludes halogenated alkanes) is 1. The van der Waals surface area contributed by atoms with Gasteiger partial charge in [-0.05, 0) is 75.4 Å². The third-order valence-corrected chi connectivity index (χ3v) is 7.46. The molecule has 1 saturated heterocycles. The Bertz CT molecular complexity index is 986. The normalized spacial score (nSPS) is 19.4. The summed E-state index contributed by atoms with van der Waals surface area (Å²) in [6.07, 6.45) is 3.93. The molecule has 0 aliphatic carbocycles. The zero-order chi connectivity index (χ0) is 28.4. The molecule has 2 aromatic rings. The van der Waals surface area contributed by atoms with Crippen molar-refractivity contribution >= 4 is 11.9 Å². The number of hydrogen-bond acceptors (Lipinski definition) is 6. The van der Waals surface area contributed by atoms with E-state index in [0.29, 0.717) is 10.4 Å². The monoisotopic (exact) mass is 539 g/mol. The summed E-state index contributed by atoms with van der Waals surface area (Å²) in [5, 5.41) is 10.8. The Morgan fingerprint density at radius 3 is 1.74 bits per heavy atom. The van der Waals surface area contributed by atoms with Gasteiger partial charge >= 0.3 is 5.91 Å². The second-order valence-corrected chi connectivity index (χ2v) is 11.2. The number of quaternary nitrogens is 1. The number of aliphatic carboxylic acids is 1. The molecule has 1 aliphatic rings. The zero-order valence-corrected chi connectivity index (χ0v) is 24.2. The number of likely N-dealkylation sites (tertiary alicyclic amines) is 1. The lowest BCUT2D eigenvalue weighted by Crippen LogP contribution is -2.59. The second-order valence-electron chi connectivity index (χ2n) is 11.2. The van der Waals surface area contributed by atoms with Crippen molar-refractivity contribution in [2.75, 3.05) is 32.8 Å². The van der Waals surface area contributed by atoms with Crippen molar-refractivity contribution in [3.8, 4) is 11.5 Å². The van der Waals surface area contributed by atoms with Gasteiger partial charge in [-0.25, -0.2) is 4.79 Å². The fourth-order valence-corrected chi connectivity index (χ4v) is 5.62. The number of piperidine rings is 1. The third kappa shape index (κ3) is 8.80. The first kappa shape index (κ1) is 30.6. The summed E-state index contributed by atoms with van der Waals surface area (Å²) in [5.41, 5.74) is 2.46. The standard InChI is InChI=1S/C32H45NO6/c1-6-7-18-33(30(34)21-37-22-31(35)36)19-16-27(17-20-33)32(25-8-12-28(13-9-25)38-23(2)3)26-10-14-29(15-11-26)39-24(4)5/h8-15,23-24,27,32H,6-7,16-22H2,1-5H3. The highest BCUT2D eigenvalue weighted by Gasteiger charge is 2.42. The fourth-order valence-electron chi connectivity index (χ4n) is 5.62. The lowest BCUT2D eigenvalue weighted by molar-refractivity contribution is -0.861. The molecule has 1 heterocycles.